The second kappa shape index (κ2) is 13.5. The fourth-order valence-corrected chi connectivity index (χ4v) is 4.12. The Bertz CT molecular complexity index is 1500. The highest BCUT2D eigenvalue weighted by atomic mass is 16.5. The molecule has 0 spiro atoms. The number of hydrogen-bond acceptors (Lipinski definition) is 8. The number of nitrogen functional groups attached to an aromatic ring is 1. The zero-order valence-electron chi connectivity index (χ0n) is 22.7. The maximum atomic E-state index is 12.0. The van der Waals surface area contributed by atoms with Gasteiger partial charge in [0, 0.05) is 31.2 Å². The topological polar surface area (TPSA) is 143 Å². The summed E-state index contributed by atoms with van der Waals surface area (Å²) in [5.41, 5.74) is 11.0. The van der Waals surface area contributed by atoms with Crippen molar-refractivity contribution >= 4 is 39.8 Å². The van der Waals surface area contributed by atoms with Crippen molar-refractivity contribution in [3.63, 3.8) is 0 Å². The number of nitrogens with two attached hydrogens (primary N) is 1. The fourth-order valence-electron chi connectivity index (χ4n) is 4.12. The highest BCUT2D eigenvalue weighted by Crippen LogP contribution is 2.29. The van der Waals surface area contributed by atoms with Crippen LogP contribution in [0.2, 0.25) is 0 Å². The van der Waals surface area contributed by atoms with E-state index < -0.39 is 6.09 Å². The minimum absolute atomic E-state index is 0.0644. The summed E-state index contributed by atoms with van der Waals surface area (Å²) >= 11 is 0. The number of carbonyl (C=O) groups excluding carboxylic acids is 2. The molecule has 0 saturated heterocycles. The molecule has 4 N–H and O–H groups in total. The van der Waals surface area contributed by atoms with Crippen LogP contribution in [0, 0.1) is 0 Å². The average molecular weight is 547 g/mol. The van der Waals surface area contributed by atoms with Gasteiger partial charge in [-0.05, 0) is 24.1 Å². The monoisotopic (exact) mass is 546 g/mol. The Balaban J connectivity index is 1.44. The van der Waals surface area contributed by atoms with E-state index in [9.17, 15) is 9.59 Å². The molecule has 0 aliphatic heterocycles. The summed E-state index contributed by atoms with van der Waals surface area (Å²) in [7, 11) is 1.63. The first-order chi connectivity index (χ1) is 19.4. The number of nitrogens with one attached hydrogen (secondary N) is 2. The zero-order chi connectivity index (χ0) is 28.5. The largest absolute Gasteiger partial charge is 0.448 e. The number of imidazole rings is 1. The molecule has 0 unspecified atom stereocenters. The molecule has 40 heavy (non-hydrogen) atoms. The SMILES string of the molecule is C=C(C)C(=O)NCCOC(=O)NCc1ccc(Cn2c(COCCOC)nc3c(N)nc4ccccc4c32)cc1. The molecule has 11 nitrogen and oxygen atoms in total. The van der Waals surface area contributed by atoms with Crippen molar-refractivity contribution in [3.8, 4) is 0 Å². The number of amides is 2. The lowest BCUT2D eigenvalue weighted by Gasteiger charge is -2.12. The summed E-state index contributed by atoms with van der Waals surface area (Å²) in [5, 5.41) is 6.28. The van der Waals surface area contributed by atoms with Gasteiger partial charge in [0.1, 0.15) is 24.6 Å². The van der Waals surface area contributed by atoms with Crippen molar-refractivity contribution in [2.45, 2.75) is 26.6 Å². The number of fused-ring (bicyclic) bond motifs is 3. The Labute approximate surface area is 232 Å². The van der Waals surface area contributed by atoms with Gasteiger partial charge in [-0.2, -0.15) is 0 Å². The van der Waals surface area contributed by atoms with E-state index in [4.69, 9.17) is 24.9 Å². The molecule has 0 radical (unpaired) electrons. The van der Waals surface area contributed by atoms with Crippen LogP contribution in [0.15, 0.2) is 60.7 Å². The molecule has 0 aliphatic rings. The van der Waals surface area contributed by atoms with Crippen LogP contribution in [0.1, 0.15) is 23.9 Å². The van der Waals surface area contributed by atoms with Gasteiger partial charge in [0.05, 0.1) is 30.8 Å². The van der Waals surface area contributed by atoms with Crippen LogP contribution in [-0.2, 0) is 38.7 Å². The Morgan fingerprint density at radius 1 is 1.00 bits per heavy atom. The Morgan fingerprint density at radius 3 is 2.50 bits per heavy atom. The van der Waals surface area contributed by atoms with Crippen molar-refractivity contribution in [1.82, 2.24) is 25.2 Å². The third-order valence-electron chi connectivity index (χ3n) is 6.16. The minimum Gasteiger partial charge on any atom is -0.448 e. The van der Waals surface area contributed by atoms with Gasteiger partial charge in [0.15, 0.2) is 5.82 Å². The fraction of sp³-hybridized carbons (Fsp3) is 0.310. The average Bonchev–Trinajstić information content (AvgIpc) is 3.31. The summed E-state index contributed by atoms with van der Waals surface area (Å²) in [6.07, 6.45) is -0.560. The van der Waals surface area contributed by atoms with E-state index in [1.54, 1.807) is 14.0 Å². The first-order valence-electron chi connectivity index (χ1n) is 12.9. The molecule has 2 aromatic carbocycles. The highest BCUT2D eigenvalue weighted by molar-refractivity contribution is 6.06. The molecule has 2 heterocycles. The number of ether oxygens (including phenoxy) is 3. The Hall–Kier alpha value is -4.48. The van der Waals surface area contributed by atoms with E-state index in [0.29, 0.717) is 49.8 Å². The molecular formula is C29H34N6O5. The minimum atomic E-state index is -0.560. The Morgan fingerprint density at radius 2 is 1.75 bits per heavy atom. The third kappa shape index (κ3) is 7.13. The van der Waals surface area contributed by atoms with Gasteiger partial charge in [-0.3, -0.25) is 4.79 Å². The van der Waals surface area contributed by atoms with Crippen LogP contribution in [0.3, 0.4) is 0 Å². The maximum absolute atomic E-state index is 12.0. The van der Waals surface area contributed by atoms with Crippen molar-refractivity contribution in [1.29, 1.82) is 0 Å². The quantitative estimate of drug-likeness (QED) is 0.171. The number of methoxy groups -OCH3 is 1. The van der Waals surface area contributed by atoms with Crippen molar-refractivity contribution < 1.29 is 23.8 Å². The van der Waals surface area contributed by atoms with E-state index in [-0.39, 0.29) is 19.1 Å². The molecule has 2 aromatic heterocycles. The number of pyridine rings is 1. The van der Waals surface area contributed by atoms with Crippen molar-refractivity contribution in [3.05, 3.63) is 77.6 Å². The summed E-state index contributed by atoms with van der Waals surface area (Å²) in [6.45, 7) is 7.52. The van der Waals surface area contributed by atoms with Crippen LogP contribution in [0.25, 0.3) is 21.9 Å². The number of anilines is 1. The highest BCUT2D eigenvalue weighted by Gasteiger charge is 2.18. The first kappa shape index (κ1) is 28.5. The summed E-state index contributed by atoms with van der Waals surface area (Å²) in [5.74, 6) is 0.841. The number of aromatic nitrogens is 3. The number of para-hydroxylation sites is 1. The standard InChI is InChI=1S/C29H34N6O5/c1-19(2)28(36)31-12-13-40-29(37)32-16-20-8-10-21(11-9-20)17-35-24(18-39-15-14-38-3)34-25-26(35)22-6-4-5-7-23(22)33-27(25)30/h4-11H,1,12-18H2,2-3H3,(H2,30,33)(H,31,36)(H,32,37). The summed E-state index contributed by atoms with van der Waals surface area (Å²) in [6, 6.07) is 15.8. The predicted octanol–water partition coefficient (Wildman–Crippen LogP) is 3.30. The maximum Gasteiger partial charge on any atom is 0.407 e. The van der Waals surface area contributed by atoms with Crippen LogP contribution >= 0.6 is 0 Å². The number of rotatable bonds is 13. The number of alkyl carbamates (subject to hydrolysis) is 1. The molecule has 0 bridgehead atoms. The van der Waals surface area contributed by atoms with Gasteiger partial charge in [-0.25, -0.2) is 14.8 Å². The predicted molar refractivity (Wildman–Crippen MR) is 153 cm³/mol. The lowest BCUT2D eigenvalue weighted by atomic mass is 10.1. The lowest BCUT2D eigenvalue weighted by Crippen LogP contribution is -2.31. The molecular weight excluding hydrogens is 512 g/mol. The zero-order valence-corrected chi connectivity index (χ0v) is 22.7. The van der Waals surface area contributed by atoms with E-state index >= 15 is 0 Å². The second-order valence-corrected chi connectivity index (χ2v) is 9.21. The van der Waals surface area contributed by atoms with Gasteiger partial charge in [0.25, 0.3) is 0 Å². The normalized spacial score (nSPS) is 11.1. The summed E-state index contributed by atoms with van der Waals surface area (Å²) < 4.78 is 18.1. The van der Waals surface area contributed by atoms with Crippen LogP contribution in [-0.4, -0.2) is 60.0 Å². The summed E-state index contributed by atoms with van der Waals surface area (Å²) in [4.78, 5) is 32.8. The second-order valence-electron chi connectivity index (χ2n) is 9.21. The van der Waals surface area contributed by atoms with Gasteiger partial charge in [-0.15, -0.1) is 0 Å². The molecule has 0 saturated carbocycles. The number of benzene rings is 2. The molecule has 4 rings (SSSR count). The van der Waals surface area contributed by atoms with Crippen LogP contribution in [0.4, 0.5) is 10.6 Å². The van der Waals surface area contributed by atoms with Gasteiger partial charge in [-0.1, -0.05) is 49.0 Å². The van der Waals surface area contributed by atoms with E-state index in [2.05, 4.69) is 26.8 Å². The number of nitrogens with zero attached hydrogens (tertiary/aromatic N) is 3. The van der Waals surface area contributed by atoms with E-state index in [0.717, 1.165) is 33.4 Å². The molecule has 210 valence electrons. The first-order valence-corrected chi connectivity index (χ1v) is 12.9. The smallest absolute Gasteiger partial charge is 0.407 e. The van der Waals surface area contributed by atoms with Crippen molar-refractivity contribution in [2.24, 2.45) is 0 Å². The molecule has 2 amide bonds. The van der Waals surface area contributed by atoms with Crippen LogP contribution < -0.4 is 16.4 Å². The van der Waals surface area contributed by atoms with E-state index in [1.165, 1.54) is 0 Å². The lowest BCUT2D eigenvalue weighted by molar-refractivity contribution is -0.117. The number of hydrogen-bond donors (Lipinski definition) is 3. The van der Waals surface area contributed by atoms with Crippen LogP contribution in [0.5, 0.6) is 0 Å². The molecule has 0 fully saturated rings. The van der Waals surface area contributed by atoms with Gasteiger partial charge in [0.2, 0.25) is 5.91 Å². The Kier molecular flexibility index (Phi) is 9.66. The third-order valence-corrected chi connectivity index (χ3v) is 6.16. The number of carbonyl (C=O) groups is 2. The molecule has 4 aromatic rings. The van der Waals surface area contributed by atoms with E-state index in [1.807, 2.05) is 48.5 Å². The molecule has 0 atom stereocenters. The molecule has 11 heteroatoms. The van der Waals surface area contributed by atoms with Gasteiger partial charge >= 0.3 is 6.09 Å². The van der Waals surface area contributed by atoms with Gasteiger partial charge < -0.3 is 35.1 Å². The van der Waals surface area contributed by atoms with Crippen molar-refractivity contribution in [2.75, 3.05) is 39.2 Å². The molecule has 0 aliphatic carbocycles.